The van der Waals surface area contributed by atoms with Gasteiger partial charge in [0.1, 0.15) is 6.61 Å². The van der Waals surface area contributed by atoms with Gasteiger partial charge in [0.15, 0.2) is 8.32 Å². The Morgan fingerprint density at radius 1 is 0.950 bits per heavy atom. The van der Waals surface area contributed by atoms with Gasteiger partial charge in [0.05, 0.1) is 5.56 Å². The maximum Gasteiger partial charge on any atom is 0.416 e. The van der Waals surface area contributed by atoms with Crippen molar-refractivity contribution >= 4 is 20.2 Å². The van der Waals surface area contributed by atoms with E-state index in [4.69, 9.17) is 9.16 Å². The molecular formula is C31H42F3NO4Si. The fourth-order valence-corrected chi connectivity index (χ4v) is 5.68. The number of unbranched alkanes of at least 4 members (excludes halogenated alkanes) is 1. The Bertz CT molecular complexity index is 1130. The molecule has 0 spiro atoms. The van der Waals surface area contributed by atoms with Crippen LogP contribution >= 0.6 is 0 Å². The third kappa shape index (κ3) is 8.93. The highest BCUT2D eigenvalue weighted by Crippen LogP contribution is 2.40. The third-order valence-corrected chi connectivity index (χ3v) is 12.7. The van der Waals surface area contributed by atoms with Crippen molar-refractivity contribution in [3.63, 3.8) is 0 Å². The van der Waals surface area contributed by atoms with E-state index in [2.05, 4.69) is 33.9 Å². The Morgan fingerprint density at radius 2 is 1.62 bits per heavy atom. The van der Waals surface area contributed by atoms with Gasteiger partial charge in [-0.05, 0) is 48.2 Å². The number of carbonyl (C=O) groups is 2. The quantitative estimate of drug-likeness (QED) is 0.157. The van der Waals surface area contributed by atoms with Gasteiger partial charge in [0.2, 0.25) is 5.91 Å². The molecule has 3 rings (SSSR count). The molecule has 5 nitrogen and oxygen atoms in total. The molecule has 0 unspecified atom stereocenters. The summed E-state index contributed by atoms with van der Waals surface area (Å²) in [6.45, 7) is 12.1. The Balaban J connectivity index is 1.59. The van der Waals surface area contributed by atoms with E-state index in [1.165, 1.54) is 12.1 Å². The van der Waals surface area contributed by atoms with Crippen molar-refractivity contribution in [2.24, 2.45) is 5.92 Å². The molecule has 0 radical (unpaired) electrons. The molecule has 1 saturated heterocycles. The van der Waals surface area contributed by atoms with Crippen LogP contribution in [0, 0.1) is 5.92 Å². The summed E-state index contributed by atoms with van der Waals surface area (Å²) < 4.78 is 52.1. The van der Waals surface area contributed by atoms with E-state index < -0.39 is 20.1 Å². The molecule has 2 aromatic carbocycles. The van der Waals surface area contributed by atoms with Gasteiger partial charge in [-0.15, -0.1) is 0 Å². The summed E-state index contributed by atoms with van der Waals surface area (Å²) in [6.07, 6.45) is -2.86. The summed E-state index contributed by atoms with van der Waals surface area (Å²) in [4.78, 5) is 26.9. The number of halogens is 3. The SMILES string of the molecule is CC(C)(C)[Si](C)(C)OC[C@H]1CN(C(=O)CCCCC(=O)OCc2ccccc2)C[C@@H]1c1cccc(C(F)(F)F)c1. The molecule has 9 heteroatoms. The van der Waals surface area contributed by atoms with Crippen LogP contribution in [-0.2, 0) is 31.5 Å². The Labute approximate surface area is 237 Å². The summed E-state index contributed by atoms with van der Waals surface area (Å²) in [5, 5.41) is -0.00491. The summed E-state index contributed by atoms with van der Waals surface area (Å²) in [6, 6.07) is 14.9. The van der Waals surface area contributed by atoms with Crippen LogP contribution in [0.15, 0.2) is 54.6 Å². The summed E-state index contributed by atoms with van der Waals surface area (Å²) in [7, 11) is -2.09. The van der Waals surface area contributed by atoms with Crippen LogP contribution in [0.1, 0.15) is 69.1 Å². The second-order valence-electron chi connectivity index (χ2n) is 12.2. The second-order valence-corrected chi connectivity index (χ2v) is 17.0. The van der Waals surface area contributed by atoms with E-state index in [0.29, 0.717) is 38.1 Å². The van der Waals surface area contributed by atoms with Crippen LogP contribution in [0.3, 0.4) is 0 Å². The zero-order valence-corrected chi connectivity index (χ0v) is 25.2. The number of amides is 1. The van der Waals surface area contributed by atoms with Gasteiger partial charge in [-0.25, -0.2) is 0 Å². The summed E-state index contributed by atoms with van der Waals surface area (Å²) >= 11 is 0. The first-order valence-corrected chi connectivity index (χ1v) is 16.9. The first-order chi connectivity index (χ1) is 18.7. The predicted octanol–water partition coefficient (Wildman–Crippen LogP) is 7.57. The van der Waals surface area contributed by atoms with E-state index in [1.54, 1.807) is 11.0 Å². The number of likely N-dealkylation sites (tertiary alicyclic amines) is 1. The molecule has 0 bridgehead atoms. The molecule has 2 atom stereocenters. The standard InChI is InChI=1S/C31H42F3NO4Si/c1-30(2,3)40(4,5)39-22-25-19-35(20-27(25)24-14-11-15-26(18-24)31(32,33)34)28(36)16-9-10-17-29(37)38-21-23-12-7-6-8-13-23/h6-8,11-15,18,25,27H,9-10,16-17,19-22H2,1-5H3/t25-,27-/m1/s1. The van der Waals surface area contributed by atoms with Crippen LogP contribution in [0.4, 0.5) is 13.2 Å². The number of rotatable bonds is 11. The van der Waals surface area contributed by atoms with Crippen LogP contribution in [0.25, 0.3) is 0 Å². The van der Waals surface area contributed by atoms with Crippen LogP contribution in [0.5, 0.6) is 0 Å². The minimum Gasteiger partial charge on any atom is -0.461 e. The van der Waals surface area contributed by atoms with Crippen LogP contribution in [-0.4, -0.2) is 44.8 Å². The highest BCUT2D eigenvalue weighted by molar-refractivity contribution is 6.74. The molecule has 1 amide bonds. The average molecular weight is 578 g/mol. The lowest BCUT2D eigenvalue weighted by Crippen LogP contribution is -2.42. The van der Waals surface area contributed by atoms with Gasteiger partial charge in [-0.2, -0.15) is 13.2 Å². The van der Waals surface area contributed by atoms with Crippen molar-refractivity contribution in [3.05, 3.63) is 71.3 Å². The second kappa shape index (κ2) is 13.3. The maximum atomic E-state index is 13.4. The molecule has 0 aromatic heterocycles. The van der Waals surface area contributed by atoms with Crippen molar-refractivity contribution in [1.29, 1.82) is 0 Å². The Hall–Kier alpha value is -2.65. The number of ether oxygens (including phenoxy) is 1. The molecule has 1 aliphatic rings. The van der Waals surface area contributed by atoms with Gasteiger partial charge in [-0.3, -0.25) is 9.59 Å². The lowest BCUT2D eigenvalue weighted by Gasteiger charge is -2.37. The van der Waals surface area contributed by atoms with Gasteiger partial charge in [-0.1, -0.05) is 69.3 Å². The summed E-state index contributed by atoms with van der Waals surface area (Å²) in [5.41, 5.74) is 0.815. The van der Waals surface area contributed by atoms with Crippen molar-refractivity contribution < 1.29 is 31.9 Å². The van der Waals surface area contributed by atoms with Gasteiger partial charge in [0, 0.05) is 44.4 Å². The van der Waals surface area contributed by atoms with E-state index in [1.807, 2.05) is 30.3 Å². The third-order valence-electron chi connectivity index (χ3n) is 8.16. The zero-order valence-electron chi connectivity index (χ0n) is 24.2. The molecule has 2 aromatic rings. The van der Waals surface area contributed by atoms with E-state index >= 15 is 0 Å². The van der Waals surface area contributed by atoms with Crippen molar-refractivity contribution in [2.45, 2.75) is 83.3 Å². The smallest absolute Gasteiger partial charge is 0.416 e. The highest BCUT2D eigenvalue weighted by Gasteiger charge is 2.41. The van der Waals surface area contributed by atoms with Crippen molar-refractivity contribution in [3.8, 4) is 0 Å². The zero-order chi connectivity index (χ0) is 29.6. The minimum absolute atomic E-state index is 0.00491. The number of hydrogen-bond acceptors (Lipinski definition) is 4. The highest BCUT2D eigenvalue weighted by atomic mass is 28.4. The monoisotopic (exact) mass is 577 g/mol. The normalized spacial score (nSPS) is 18.1. The van der Waals surface area contributed by atoms with Crippen LogP contribution in [0.2, 0.25) is 18.1 Å². The predicted molar refractivity (Wildman–Crippen MR) is 152 cm³/mol. The lowest BCUT2D eigenvalue weighted by atomic mass is 9.88. The maximum absolute atomic E-state index is 13.4. The number of carbonyl (C=O) groups excluding carboxylic acids is 2. The molecule has 1 fully saturated rings. The number of esters is 1. The van der Waals surface area contributed by atoms with Crippen LogP contribution < -0.4 is 0 Å². The molecule has 40 heavy (non-hydrogen) atoms. The van der Waals surface area contributed by atoms with E-state index in [0.717, 1.165) is 11.6 Å². The molecule has 0 N–H and O–H groups in total. The molecule has 1 aliphatic heterocycles. The molecule has 1 heterocycles. The fourth-order valence-electron chi connectivity index (χ4n) is 4.61. The van der Waals surface area contributed by atoms with Gasteiger partial charge < -0.3 is 14.1 Å². The fraction of sp³-hybridized carbons (Fsp3) is 0.548. The van der Waals surface area contributed by atoms with E-state index in [9.17, 15) is 22.8 Å². The van der Waals surface area contributed by atoms with E-state index in [-0.39, 0.29) is 48.2 Å². The number of alkyl halides is 3. The number of hydrogen-bond donors (Lipinski definition) is 0. The molecule has 0 aliphatic carbocycles. The number of benzene rings is 2. The lowest BCUT2D eigenvalue weighted by molar-refractivity contribution is -0.145. The van der Waals surface area contributed by atoms with Crippen molar-refractivity contribution in [1.82, 2.24) is 4.90 Å². The minimum atomic E-state index is -4.43. The molecule has 220 valence electrons. The van der Waals surface area contributed by atoms with Gasteiger partial charge >= 0.3 is 12.1 Å². The Morgan fingerprint density at radius 3 is 2.27 bits per heavy atom. The summed E-state index contributed by atoms with van der Waals surface area (Å²) in [5.74, 6) is -0.701. The molecule has 0 saturated carbocycles. The first kappa shape index (κ1) is 31.9. The first-order valence-electron chi connectivity index (χ1n) is 14.0. The van der Waals surface area contributed by atoms with Crippen molar-refractivity contribution in [2.75, 3.05) is 19.7 Å². The average Bonchev–Trinajstić information content (AvgIpc) is 3.33. The topological polar surface area (TPSA) is 55.8 Å². The molecular weight excluding hydrogens is 535 g/mol. The van der Waals surface area contributed by atoms with Gasteiger partial charge in [0.25, 0.3) is 0 Å². The largest absolute Gasteiger partial charge is 0.461 e. The Kier molecular flexibility index (Phi) is 10.6. The number of nitrogens with zero attached hydrogens (tertiary/aromatic N) is 1.